The summed E-state index contributed by atoms with van der Waals surface area (Å²) in [6.45, 7) is 0.105. The average Bonchev–Trinajstić information content (AvgIpc) is 2.61. The molecule has 0 radical (unpaired) electrons. The van der Waals surface area contributed by atoms with Gasteiger partial charge in [-0.3, -0.25) is 14.5 Å². The maximum Gasteiger partial charge on any atom is 0.251 e. The molecule has 1 aromatic carbocycles. The molecule has 2 amide bonds. The van der Waals surface area contributed by atoms with Gasteiger partial charge in [0.1, 0.15) is 12.6 Å². The predicted molar refractivity (Wildman–Crippen MR) is 107 cm³/mol. The standard InChI is InChI=1S/C20H18BrClFN3O2/c21-14-8-16(23)19(24-9-14)26-11-17(27)25(10-12-4-6-15(22)7-5-12)18(20(26)28)13-2-1-3-13/h4-9,13,18H,1-3,10-11H2. The Morgan fingerprint density at radius 1 is 1.21 bits per heavy atom. The SMILES string of the molecule is O=C1C(C2CCC2)N(Cc2ccc(Cl)cc2)C(=O)CN1c1ncc(Br)cc1F. The lowest BCUT2D eigenvalue weighted by molar-refractivity contribution is -0.147. The van der Waals surface area contributed by atoms with Crippen LogP contribution in [-0.4, -0.2) is 34.3 Å². The van der Waals surface area contributed by atoms with Crippen molar-refractivity contribution in [3.8, 4) is 0 Å². The number of piperazine rings is 1. The van der Waals surface area contributed by atoms with Crippen LogP contribution in [0.1, 0.15) is 24.8 Å². The lowest BCUT2D eigenvalue weighted by atomic mass is 9.77. The number of rotatable bonds is 4. The fraction of sp³-hybridized carbons (Fsp3) is 0.350. The average molecular weight is 467 g/mol. The van der Waals surface area contributed by atoms with Crippen molar-refractivity contribution < 1.29 is 14.0 Å². The highest BCUT2D eigenvalue weighted by Gasteiger charge is 2.46. The number of amides is 2. The topological polar surface area (TPSA) is 53.5 Å². The van der Waals surface area contributed by atoms with Crippen LogP contribution in [0.15, 0.2) is 41.0 Å². The van der Waals surface area contributed by atoms with E-state index >= 15 is 0 Å². The first-order valence-electron chi connectivity index (χ1n) is 9.10. The van der Waals surface area contributed by atoms with E-state index in [0.717, 1.165) is 24.8 Å². The number of nitrogens with zero attached hydrogens (tertiary/aromatic N) is 3. The van der Waals surface area contributed by atoms with Gasteiger partial charge in [0.15, 0.2) is 11.6 Å². The van der Waals surface area contributed by atoms with Crippen molar-refractivity contribution in [2.75, 3.05) is 11.4 Å². The van der Waals surface area contributed by atoms with Crippen molar-refractivity contribution in [1.82, 2.24) is 9.88 Å². The molecule has 5 nitrogen and oxygen atoms in total. The summed E-state index contributed by atoms with van der Waals surface area (Å²) in [6.07, 6.45) is 4.21. The van der Waals surface area contributed by atoms with E-state index in [1.807, 2.05) is 12.1 Å². The molecule has 2 aliphatic rings. The molecule has 0 spiro atoms. The summed E-state index contributed by atoms with van der Waals surface area (Å²) < 4.78 is 14.9. The van der Waals surface area contributed by atoms with Gasteiger partial charge in [0, 0.05) is 22.2 Å². The van der Waals surface area contributed by atoms with Crippen molar-refractivity contribution in [3.05, 3.63) is 57.4 Å². The first-order valence-corrected chi connectivity index (χ1v) is 10.3. The third-order valence-corrected chi connectivity index (χ3v) is 6.06. The van der Waals surface area contributed by atoms with Gasteiger partial charge < -0.3 is 4.90 Å². The number of carbonyl (C=O) groups excluding carboxylic acids is 2. The van der Waals surface area contributed by atoms with Crippen molar-refractivity contribution in [2.24, 2.45) is 5.92 Å². The van der Waals surface area contributed by atoms with E-state index in [0.29, 0.717) is 16.0 Å². The third kappa shape index (κ3) is 3.65. The fourth-order valence-corrected chi connectivity index (χ4v) is 4.15. The van der Waals surface area contributed by atoms with E-state index in [-0.39, 0.29) is 30.1 Å². The largest absolute Gasteiger partial charge is 0.324 e. The van der Waals surface area contributed by atoms with Crippen LogP contribution >= 0.6 is 27.5 Å². The summed E-state index contributed by atoms with van der Waals surface area (Å²) in [4.78, 5) is 33.1. The van der Waals surface area contributed by atoms with Crippen molar-refractivity contribution in [2.45, 2.75) is 31.8 Å². The Kier molecular flexibility index (Phi) is 5.38. The molecule has 0 N–H and O–H groups in total. The first kappa shape index (κ1) is 19.3. The monoisotopic (exact) mass is 465 g/mol. The highest BCUT2D eigenvalue weighted by atomic mass is 79.9. The smallest absolute Gasteiger partial charge is 0.251 e. The molecular formula is C20H18BrClFN3O2. The zero-order valence-electron chi connectivity index (χ0n) is 14.9. The number of pyridine rings is 1. The van der Waals surface area contributed by atoms with Crippen LogP contribution in [0.3, 0.4) is 0 Å². The summed E-state index contributed by atoms with van der Waals surface area (Å²) in [6, 6.07) is 7.87. The highest BCUT2D eigenvalue weighted by molar-refractivity contribution is 9.10. The minimum atomic E-state index is -0.631. The van der Waals surface area contributed by atoms with Gasteiger partial charge in [-0.25, -0.2) is 9.37 Å². The van der Waals surface area contributed by atoms with Crippen LogP contribution in [0, 0.1) is 11.7 Å². The maximum absolute atomic E-state index is 14.4. The van der Waals surface area contributed by atoms with E-state index in [2.05, 4.69) is 20.9 Å². The first-order chi connectivity index (χ1) is 13.4. The Morgan fingerprint density at radius 3 is 2.54 bits per heavy atom. The fourth-order valence-electron chi connectivity index (χ4n) is 3.72. The molecule has 2 fully saturated rings. The molecule has 8 heteroatoms. The zero-order chi connectivity index (χ0) is 19.8. The summed E-state index contributed by atoms with van der Waals surface area (Å²) in [7, 11) is 0. The van der Waals surface area contributed by atoms with Crippen LogP contribution in [0.5, 0.6) is 0 Å². The Balaban J connectivity index is 1.65. The molecule has 1 saturated heterocycles. The Bertz CT molecular complexity index is 920. The number of anilines is 1. The van der Waals surface area contributed by atoms with Gasteiger partial charge in [-0.05, 0) is 58.5 Å². The molecule has 0 bridgehead atoms. The molecule has 2 aromatic rings. The van der Waals surface area contributed by atoms with Crippen LogP contribution in [0.25, 0.3) is 0 Å². The van der Waals surface area contributed by atoms with Crippen molar-refractivity contribution >= 4 is 45.2 Å². The molecule has 1 unspecified atom stereocenters. The highest BCUT2D eigenvalue weighted by Crippen LogP contribution is 2.37. The van der Waals surface area contributed by atoms with Gasteiger partial charge in [0.05, 0.1) is 0 Å². The van der Waals surface area contributed by atoms with Gasteiger partial charge >= 0.3 is 0 Å². The molecule has 2 heterocycles. The van der Waals surface area contributed by atoms with E-state index in [9.17, 15) is 14.0 Å². The van der Waals surface area contributed by atoms with Gasteiger partial charge in [-0.2, -0.15) is 0 Å². The lowest BCUT2D eigenvalue weighted by Crippen LogP contribution is -2.63. The molecule has 1 aromatic heterocycles. The Hall–Kier alpha value is -1.99. The Morgan fingerprint density at radius 2 is 1.93 bits per heavy atom. The molecule has 1 saturated carbocycles. The quantitative estimate of drug-likeness (QED) is 0.679. The Labute approximate surface area is 175 Å². The number of halogens is 3. The number of benzene rings is 1. The van der Waals surface area contributed by atoms with Gasteiger partial charge in [0.2, 0.25) is 5.91 Å². The summed E-state index contributed by atoms with van der Waals surface area (Å²) in [5.74, 6) is -1.13. The predicted octanol–water partition coefficient (Wildman–Crippen LogP) is 4.18. The van der Waals surface area contributed by atoms with E-state index in [4.69, 9.17) is 11.6 Å². The van der Waals surface area contributed by atoms with Crippen LogP contribution in [-0.2, 0) is 16.1 Å². The van der Waals surface area contributed by atoms with Gasteiger partial charge in [0.25, 0.3) is 5.91 Å². The second-order valence-corrected chi connectivity index (χ2v) is 8.52. The molecule has 1 aliphatic carbocycles. The number of aromatic nitrogens is 1. The molecule has 28 heavy (non-hydrogen) atoms. The third-order valence-electron chi connectivity index (χ3n) is 5.38. The van der Waals surface area contributed by atoms with Crippen molar-refractivity contribution in [1.29, 1.82) is 0 Å². The van der Waals surface area contributed by atoms with Crippen LogP contribution in [0.2, 0.25) is 5.02 Å². The van der Waals surface area contributed by atoms with Crippen LogP contribution < -0.4 is 4.90 Å². The van der Waals surface area contributed by atoms with E-state index < -0.39 is 11.9 Å². The summed E-state index contributed by atoms with van der Waals surface area (Å²) >= 11 is 9.11. The van der Waals surface area contributed by atoms with Gasteiger partial charge in [-0.1, -0.05) is 30.2 Å². The number of hydrogen-bond donors (Lipinski definition) is 0. The maximum atomic E-state index is 14.4. The summed E-state index contributed by atoms with van der Waals surface area (Å²) in [5.41, 5.74) is 0.899. The van der Waals surface area contributed by atoms with Crippen molar-refractivity contribution in [3.63, 3.8) is 0 Å². The van der Waals surface area contributed by atoms with E-state index in [1.165, 1.54) is 17.2 Å². The minimum absolute atomic E-state index is 0.0880. The minimum Gasteiger partial charge on any atom is -0.324 e. The number of carbonyl (C=O) groups is 2. The second-order valence-electron chi connectivity index (χ2n) is 7.17. The number of hydrogen-bond acceptors (Lipinski definition) is 3. The summed E-state index contributed by atoms with van der Waals surface area (Å²) in [5, 5.41) is 0.614. The molecule has 146 valence electrons. The molecule has 4 rings (SSSR count). The van der Waals surface area contributed by atoms with Gasteiger partial charge in [-0.15, -0.1) is 0 Å². The molecular weight excluding hydrogens is 449 g/mol. The normalized spacial score (nSPS) is 20.5. The molecule has 1 aliphatic heterocycles. The molecule has 1 atom stereocenters. The van der Waals surface area contributed by atoms with E-state index in [1.54, 1.807) is 17.0 Å². The van der Waals surface area contributed by atoms with Crippen LogP contribution in [0.4, 0.5) is 10.2 Å². The lowest BCUT2D eigenvalue weighted by Gasteiger charge is -2.45. The second kappa shape index (κ2) is 7.79. The zero-order valence-corrected chi connectivity index (χ0v) is 17.3.